The average molecular weight is 540 g/mol. The van der Waals surface area contributed by atoms with Gasteiger partial charge in [-0.2, -0.15) is 0 Å². The first-order valence-corrected chi connectivity index (χ1v) is 13.6. The van der Waals surface area contributed by atoms with Gasteiger partial charge in [0.15, 0.2) is 0 Å². The Labute approximate surface area is 233 Å². The normalized spacial score (nSPS) is 13.2. The lowest BCUT2D eigenvalue weighted by atomic mass is 9.98. The lowest BCUT2D eigenvalue weighted by Gasteiger charge is -2.36. The van der Waals surface area contributed by atoms with Crippen molar-refractivity contribution in [2.75, 3.05) is 6.54 Å². The number of nitrogens with zero attached hydrogens (tertiary/aromatic N) is 1. The SMILES string of the molecule is CCCCN(C(=O)C(Cc1ccc(O)cc1)NC(=O)OC(C)(C)C)C(C(=O)NC(C)(C)C)c1ccc(C)cc1. The Morgan fingerprint density at radius 3 is 2.05 bits per heavy atom. The van der Waals surface area contributed by atoms with Crippen LogP contribution in [0.4, 0.5) is 4.79 Å². The molecule has 0 spiro atoms. The number of alkyl carbamates (subject to hydrolysis) is 1. The number of amides is 3. The number of hydrogen-bond acceptors (Lipinski definition) is 5. The molecule has 2 unspecified atom stereocenters. The highest BCUT2D eigenvalue weighted by atomic mass is 16.6. The van der Waals surface area contributed by atoms with Crippen molar-refractivity contribution >= 4 is 17.9 Å². The van der Waals surface area contributed by atoms with E-state index < -0.39 is 35.2 Å². The molecule has 0 saturated heterocycles. The summed E-state index contributed by atoms with van der Waals surface area (Å²) in [6.45, 7) is 15.3. The van der Waals surface area contributed by atoms with Gasteiger partial charge in [0.1, 0.15) is 23.4 Å². The number of phenols is 1. The van der Waals surface area contributed by atoms with Crippen LogP contribution in [0.25, 0.3) is 0 Å². The average Bonchev–Trinajstić information content (AvgIpc) is 2.80. The third-order valence-corrected chi connectivity index (χ3v) is 5.85. The highest BCUT2D eigenvalue weighted by Crippen LogP contribution is 2.26. The van der Waals surface area contributed by atoms with Gasteiger partial charge < -0.3 is 25.4 Å². The number of benzene rings is 2. The predicted molar refractivity (Wildman–Crippen MR) is 153 cm³/mol. The van der Waals surface area contributed by atoms with E-state index in [1.165, 1.54) is 12.1 Å². The molecule has 3 amide bonds. The third kappa shape index (κ3) is 10.6. The number of nitrogens with one attached hydrogen (secondary N) is 2. The smallest absolute Gasteiger partial charge is 0.408 e. The molecule has 2 atom stereocenters. The molecule has 8 nitrogen and oxygen atoms in total. The van der Waals surface area contributed by atoms with Gasteiger partial charge in [0.25, 0.3) is 0 Å². The fourth-order valence-corrected chi connectivity index (χ4v) is 4.07. The van der Waals surface area contributed by atoms with Crippen LogP contribution in [0.15, 0.2) is 48.5 Å². The summed E-state index contributed by atoms with van der Waals surface area (Å²) in [5, 5.41) is 15.5. The van der Waals surface area contributed by atoms with Crippen LogP contribution < -0.4 is 10.6 Å². The summed E-state index contributed by atoms with van der Waals surface area (Å²) in [5.41, 5.74) is 1.20. The number of carbonyl (C=O) groups excluding carboxylic acids is 3. The van der Waals surface area contributed by atoms with Gasteiger partial charge in [-0.05, 0) is 78.1 Å². The first kappa shape index (κ1) is 31.7. The number of phenolic OH excluding ortho intramolecular Hbond substituents is 1. The molecule has 214 valence electrons. The highest BCUT2D eigenvalue weighted by Gasteiger charge is 2.37. The van der Waals surface area contributed by atoms with Crippen LogP contribution >= 0.6 is 0 Å². The van der Waals surface area contributed by atoms with E-state index in [0.29, 0.717) is 18.5 Å². The Bertz CT molecular complexity index is 1100. The van der Waals surface area contributed by atoms with E-state index in [-0.39, 0.29) is 18.1 Å². The maximum absolute atomic E-state index is 14.3. The number of aromatic hydroxyl groups is 1. The van der Waals surface area contributed by atoms with Crippen molar-refractivity contribution in [1.29, 1.82) is 0 Å². The summed E-state index contributed by atoms with van der Waals surface area (Å²) in [6, 6.07) is 12.1. The number of hydrogen-bond donors (Lipinski definition) is 3. The van der Waals surface area contributed by atoms with E-state index >= 15 is 0 Å². The summed E-state index contributed by atoms with van der Waals surface area (Å²) >= 11 is 0. The topological polar surface area (TPSA) is 108 Å². The summed E-state index contributed by atoms with van der Waals surface area (Å²) < 4.78 is 5.47. The molecule has 0 heterocycles. The molecule has 2 aromatic carbocycles. The van der Waals surface area contributed by atoms with E-state index in [2.05, 4.69) is 10.6 Å². The monoisotopic (exact) mass is 539 g/mol. The highest BCUT2D eigenvalue weighted by molar-refractivity contribution is 5.92. The van der Waals surface area contributed by atoms with E-state index in [4.69, 9.17) is 4.74 Å². The van der Waals surface area contributed by atoms with E-state index in [0.717, 1.165) is 17.5 Å². The van der Waals surface area contributed by atoms with Crippen LogP contribution in [0.3, 0.4) is 0 Å². The second kappa shape index (κ2) is 13.5. The minimum absolute atomic E-state index is 0.101. The molecule has 0 aromatic heterocycles. The molecule has 3 N–H and O–H groups in total. The molecule has 0 aliphatic heterocycles. The number of aryl methyl sites for hydroxylation is 1. The Balaban J connectivity index is 2.56. The Hall–Kier alpha value is -3.55. The van der Waals surface area contributed by atoms with Crippen LogP contribution in [-0.2, 0) is 20.7 Å². The summed E-state index contributed by atoms with van der Waals surface area (Å²) in [6.07, 6.45) is 0.923. The number of rotatable bonds is 10. The summed E-state index contributed by atoms with van der Waals surface area (Å²) in [4.78, 5) is 42.4. The standard InChI is InChI=1S/C31H45N3O5/c1-9-10-19-34(26(27(36)33-30(3,4)5)23-15-11-21(2)12-16-23)28(37)25(32-29(38)39-31(6,7)8)20-22-13-17-24(35)18-14-22/h11-18,25-26,35H,9-10,19-20H2,1-8H3,(H,32,38)(H,33,36). The minimum Gasteiger partial charge on any atom is -0.508 e. The maximum Gasteiger partial charge on any atom is 0.408 e. The van der Waals surface area contributed by atoms with Gasteiger partial charge in [0, 0.05) is 18.5 Å². The quantitative estimate of drug-likeness (QED) is 0.374. The van der Waals surface area contributed by atoms with Crippen LogP contribution in [-0.4, -0.2) is 51.6 Å². The lowest BCUT2D eigenvalue weighted by Crippen LogP contribution is -2.55. The number of unbranched alkanes of at least 4 members (excludes halogenated alkanes) is 1. The zero-order valence-electron chi connectivity index (χ0n) is 24.6. The van der Waals surface area contributed by atoms with Crippen LogP contribution in [0.1, 0.15) is 84.0 Å². The van der Waals surface area contributed by atoms with Crippen LogP contribution in [0.5, 0.6) is 5.75 Å². The van der Waals surface area contributed by atoms with Crippen molar-refractivity contribution in [3.8, 4) is 5.75 Å². The molecule has 0 fully saturated rings. The molecule has 2 aromatic rings. The second-order valence-corrected chi connectivity index (χ2v) is 12.0. The molecular weight excluding hydrogens is 494 g/mol. The lowest BCUT2D eigenvalue weighted by molar-refractivity contribution is -0.143. The van der Waals surface area contributed by atoms with Crippen molar-refractivity contribution in [2.45, 2.75) is 97.9 Å². The van der Waals surface area contributed by atoms with Gasteiger partial charge in [-0.25, -0.2) is 4.79 Å². The Morgan fingerprint density at radius 1 is 0.949 bits per heavy atom. The molecule has 0 saturated carbocycles. The molecule has 0 aliphatic carbocycles. The van der Waals surface area contributed by atoms with Crippen molar-refractivity contribution in [3.63, 3.8) is 0 Å². The van der Waals surface area contributed by atoms with Crippen molar-refractivity contribution < 1.29 is 24.2 Å². The van der Waals surface area contributed by atoms with E-state index in [9.17, 15) is 19.5 Å². The fraction of sp³-hybridized carbons (Fsp3) is 0.516. The second-order valence-electron chi connectivity index (χ2n) is 12.0. The molecular formula is C31H45N3O5. The fourth-order valence-electron chi connectivity index (χ4n) is 4.07. The minimum atomic E-state index is -1.00. The Morgan fingerprint density at radius 2 is 1.54 bits per heavy atom. The van der Waals surface area contributed by atoms with Crippen molar-refractivity contribution in [1.82, 2.24) is 15.5 Å². The molecule has 2 rings (SSSR count). The first-order valence-electron chi connectivity index (χ1n) is 13.6. The number of carbonyl (C=O) groups is 3. The Kier molecular flexibility index (Phi) is 11.0. The molecule has 0 aliphatic rings. The predicted octanol–water partition coefficient (Wildman–Crippen LogP) is 5.42. The largest absolute Gasteiger partial charge is 0.508 e. The molecule has 39 heavy (non-hydrogen) atoms. The van der Waals surface area contributed by atoms with Crippen molar-refractivity contribution in [3.05, 3.63) is 65.2 Å². The summed E-state index contributed by atoms with van der Waals surface area (Å²) in [5.74, 6) is -0.585. The third-order valence-electron chi connectivity index (χ3n) is 5.85. The number of ether oxygens (including phenoxy) is 1. The maximum atomic E-state index is 14.3. The van der Waals surface area contributed by atoms with Crippen LogP contribution in [0.2, 0.25) is 0 Å². The van der Waals surface area contributed by atoms with Gasteiger partial charge in [-0.1, -0.05) is 55.3 Å². The van der Waals surface area contributed by atoms with Gasteiger partial charge in [0.05, 0.1) is 0 Å². The molecule has 0 radical (unpaired) electrons. The first-order chi connectivity index (χ1) is 18.1. The van der Waals surface area contributed by atoms with E-state index in [1.54, 1.807) is 37.8 Å². The van der Waals surface area contributed by atoms with Gasteiger partial charge in [-0.15, -0.1) is 0 Å². The molecule has 0 bridgehead atoms. The van der Waals surface area contributed by atoms with E-state index in [1.807, 2.05) is 58.9 Å². The van der Waals surface area contributed by atoms with Gasteiger partial charge >= 0.3 is 6.09 Å². The van der Waals surface area contributed by atoms with Gasteiger partial charge in [0.2, 0.25) is 11.8 Å². The van der Waals surface area contributed by atoms with Crippen LogP contribution in [0, 0.1) is 6.92 Å². The van der Waals surface area contributed by atoms with Crippen molar-refractivity contribution in [2.24, 2.45) is 0 Å². The molecule has 8 heteroatoms. The summed E-state index contributed by atoms with van der Waals surface area (Å²) in [7, 11) is 0. The van der Waals surface area contributed by atoms with Gasteiger partial charge in [-0.3, -0.25) is 9.59 Å². The zero-order valence-corrected chi connectivity index (χ0v) is 24.6. The zero-order chi connectivity index (χ0) is 29.4.